The molecule has 0 radical (unpaired) electrons. The van der Waals surface area contributed by atoms with E-state index in [4.69, 9.17) is 4.74 Å². The first kappa shape index (κ1) is 20.7. The van der Waals surface area contributed by atoms with Crippen LogP contribution in [-0.4, -0.2) is 53.5 Å². The van der Waals surface area contributed by atoms with Crippen molar-refractivity contribution in [2.45, 2.75) is 17.9 Å². The largest absolute Gasteiger partial charge is 0.451 e. The molecule has 0 aliphatic heterocycles. The van der Waals surface area contributed by atoms with Crippen LogP contribution < -0.4 is 0 Å². The topological polar surface area (TPSA) is 79.5 Å². The third kappa shape index (κ3) is 4.68. The summed E-state index contributed by atoms with van der Waals surface area (Å²) >= 11 is 1.26. The molecule has 1 amide bonds. The van der Waals surface area contributed by atoms with Crippen molar-refractivity contribution in [1.82, 2.24) is 9.88 Å². The Bertz CT molecular complexity index is 1060. The van der Waals surface area contributed by atoms with Crippen LogP contribution >= 0.6 is 11.8 Å². The number of hydrogen-bond acceptors (Lipinski definition) is 5. The number of para-hydroxylation sites is 1. The van der Waals surface area contributed by atoms with E-state index in [1.54, 1.807) is 51.5 Å². The average molecular weight is 410 g/mol. The predicted octanol–water partition coefficient (Wildman–Crippen LogP) is 3.78. The van der Waals surface area contributed by atoms with Crippen LogP contribution in [0.3, 0.4) is 0 Å². The standard InChI is InChI=1S/C22H22N2O4S/c1-14(21(26)17-12-23-18-10-6-4-8-15(17)18)28-22(27)16-9-5-7-11-19(16)29-13-20(25)24(2)3/h4-12,14,23H,13H2,1-3H3/t14-/m1/s1. The smallest absolute Gasteiger partial charge is 0.339 e. The number of aromatic amines is 1. The number of carbonyl (C=O) groups excluding carboxylic acids is 3. The molecular formula is C22H22N2O4S. The van der Waals surface area contributed by atoms with Gasteiger partial charge in [-0.2, -0.15) is 0 Å². The summed E-state index contributed by atoms with van der Waals surface area (Å²) in [7, 11) is 3.36. The fourth-order valence-electron chi connectivity index (χ4n) is 2.80. The molecule has 0 aliphatic rings. The lowest BCUT2D eigenvalue weighted by atomic mass is 10.1. The zero-order valence-corrected chi connectivity index (χ0v) is 17.3. The number of ketones is 1. The summed E-state index contributed by atoms with van der Waals surface area (Å²) in [5.74, 6) is -0.711. The van der Waals surface area contributed by atoms with Crippen molar-refractivity contribution in [1.29, 1.82) is 0 Å². The monoisotopic (exact) mass is 410 g/mol. The van der Waals surface area contributed by atoms with Crippen molar-refractivity contribution in [2.75, 3.05) is 19.8 Å². The zero-order chi connectivity index (χ0) is 21.0. The second kappa shape index (κ2) is 8.96. The summed E-state index contributed by atoms with van der Waals surface area (Å²) in [5, 5.41) is 0.790. The molecule has 3 aromatic rings. The number of amides is 1. The highest BCUT2D eigenvalue weighted by atomic mass is 32.2. The van der Waals surface area contributed by atoms with E-state index in [0.717, 1.165) is 10.9 Å². The highest BCUT2D eigenvalue weighted by Gasteiger charge is 2.24. The molecule has 0 spiro atoms. The maximum Gasteiger partial charge on any atom is 0.339 e. The number of hydrogen-bond donors (Lipinski definition) is 1. The van der Waals surface area contributed by atoms with Gasteiger partial charge >= 0.3 is 5.97 Å². The molecule has 0 fully saturated rings. The molecular weight excluding hydrogens is 388 g/mol. The van der Waals surface area contributed by atoms with Gasteiger partial charge in [-0.1, -0.05) is 30.3 Å². The number of ether oxygens (including phenoxy) is 1. The van der Waals surface area contributed by atoms with Crippen LogP contribution in [0.2, 0.25) is 0 Å². The normalized spacial score (nSPS) is 11.8. The van der Waals surface area contributed by atoms with Gasteiger partial charge in [0.2, 0.25) is 11.7 Å². The quantitative estimate of drug-likeness (QED) is 0.364. The zero-order valence-electron chi connectivity index (χ0n) is 16.5. The van der Waals surface area contributed by atoms with Gasteiger partial charge in [0.15, 0.2) is 6.10 Å². The van der Waals surface area contributed by atoms with Crippen LogP contribution in [0.15, 0.2) is 59.6 Å². The van der Waals surface area contributed by atoms with E-state index in [-0.39, 0.29) is 17.4 Å². The van der Waals surface area contributed by atoms with Gasteiger partial charge in [0.05, 0.1) is 11.3 Å². The lowest BCUT2D eigenvalue weighted by molar-refractivity contribution is -0.125. The van der Waals surface area contributed by atoms with Crippen LogP contribution in [0.4, 0.5) is 0 Å². The molecule has 0 aliphatic carbocycles. The second-order valence-electron chi connectivity index (χ2n) is 6.73. The molecule has 0 unspecified atom stereocenters. The minimum Gasteiger partial charge on any atom is -0.451 e. The van der Waals surface area contributed by atoms with Crippen molar-refractivity contribution >= 4 is 40.3 Å². The minimum absolute atomic E-state index is 0.0546. The molecule has 2 aromatic carbocycles. The Hall–Kier alpha value is -3.06. The lowest BCUT2D eigenvalue weighted by Gasteiger charge is -2.14. The van der Waals surface area contributed by atoms with Crippen molar-refractivity contribution < 1.29 is 19.1 Å². The molecule has 7 heteroatoms. The van der Waals surface area contributed by atoms with Crippen molar-refractivity contribution in [3.05, 3.63) is 65.9 Å². The number of fused-ring (bicyclic) bond motifs is 1. The Kier molecular flexibility index (Phi) is 6.39. The van der Waals surface area contributed by atoms with Crippen LogP contribution in [0.25, 0.3) is 10.9 Å². The lowest BCUT2D eigenvalue weighted by Crippen LogP contribution is -2.25. The van der Waals surface area contributed by atoms with Gasteiger partial charge in [0, 0.05) is 41.7 Å². The summed E-state index contributed by atoms with van der Waals surface area (Å²) in [6, 6.07) is 14.4. The molecule has 150 valence electrons. The Labute approximate surface area is 173 Å². The Morgan fingerprint density at radius 3 is 2.48 bits per heavy atom. The molecule has 1 heterocycles. The van der Waals surface area contributed by atoms with E-state index in [9.17, 15) is 14.4 Å². The van der Waals surface area contributed by atoms with Gasteiger partial charge in [0.1, 0.15) is 0 Å². The number of nitrogens with one attached hydrogen (secondary N) is 1. The third-order valence-corrected chi connectivity index (χ3v) is 5.52. The maximum absolute atomic E-state index is 12.8. The molecule has 0 saturated carbocycles. The maximum atomic E-state index is 12.8. The Balaban J connectivity index is 1.73. The number of carbonyl (C=O) groups is 3. The van der Waals surface area contributed by atoms with E-state index in [1.807, 2.05) is 24.3 Å². The molecule has 0 bridgehead atoms. The van der Waals surface area contributed by atoms with E-state index in [1.165, 1.54) is 16.7 Å². The number of benzene rings is 2. The molecule has 1 atom stereocenters. The van der Waals surface area contributed by atoms with Gasteiger partial charge in [-0.15, -0.1) is 11.8 Å². The molecule has 29 heavy (non-hydrogen) atoms. The van der Waals surface area contributed by atoms with Crippen LogP contribution in [-0.2, 0) is 9.53 Å². The van der Waals surface area contributed by atoms with E-state index in [0.29, 0.717) is 16.0 Å². The Morgan fingerprint density at radius 2 is 1.72 bits per heavy atom. The number of rotatable bonds is 7. The fraction of sp³-hybridized carbons (Fsp3) is 0.227. The van der Waals surface area contributed by atoms with Gasteiger partial charge in [-0.3, -0.25) is 9.59 Å². The van der Waals surface area contributed by atoms with Crippen molar-refractivity contribution in [2.24, 2.45) is 0 Å². The second-order valence-corrected chi connectivity index (χ2v) is 7.75. The SMILES string of the molecule is C[C@@H](OC(=O)c1ccccc1SCC(=O)N(C)C)C(=O)c1c[nH]c2ccccc12. The third-order valence-electron chi connectivity index (χ3n) is 4.46. The number of thioether (sulfide) groups is 1. The van der Waals surface area contributed by atoms with Crippen LogP contribution in [0, 0.1) is 0 Å². The van der Waals surface area contributed by atoms with Gasteiger partial charge in [-0.25, -0.2) is 4.79 Å². The average Bonchev–Trinajstić information content (AvgIpc) is 3.15. The van der Waals surface area contributed by atoms with Crippen LogP contribution in [0.5, 0.6) is 0 Å². The summed E-state index contributed by atoms with van der Waals surface area (Å²) in [6.45, 7) is 1.56. The summed E-state index contributed by atoms with van der Waals surface area (Å²) in [5.41, 5.74) is 1.67. The first-order valence-electron chi connectivity index (χ1n) is 9.11. The molecule has 3 rings (SSSR count). The first-order valence-corrected chi connectivity index (χ1v) is 10.1. The number of aromatic nitrogens is 1. The highest BCUT2D eigenvalue weighted by molar-refractivity contribution is 8.00. The Morgan fingerprint density at radius 1 is 1.03 bits per heavy atom. The van der Waals surface area contributed by atoms with Crippen LogP contribution in [0.1, 0.15) is 27.6 Å². The molecule has 1 N–H and O–H groups in total. The number of nitrogens with zero attached hydrogens (tertiary/aromatic N) is 1. The minimum atomic E-state index is -0.942. The predicted molar refractivity (Wildman–Crippen MR) is 113 cm³/mol. The number of H-pyrrole nitrogens is 1. The molecule has 0 saturated heterocycles. The van der Waals surface area contributed by atoms with E-state index >= 15 is 0 Å². The fourth-order valence-corrected chi connectivity index (χ4v) is 3.82. The first-order chi connectivity index (χ1) is 13.9. The highest BCUT2D eigenvalue weighted by Crippen LogP contribution is 2.25. The van der Waals surface area contributed by atoms with Gasteiger partial charge in [-0.05, 0) is 25.1 Å². The molecule has 6 nitrogen and oxygen atoms in total. The number of Topliss-reactive ketones (excluding diaryl/α,β-unsaturated/α-hetero) is 1. The summed E-state index contributed by atoms with van der Waals surface area (Å²) in [6.07, 6.45) is 0.691. The number of esters is 1. The summed E-state index contributed by atoms with van der Waals surface area (Å²) in [4.78, 5) is 42.5. The van der Waals surface area contributed by atoms with Crippen molar-refractivity contribution in [3.8, 4) is 0 Å². The summed E-state index contributed by atoms with van der Waals surface area (Å²) < 4.78 is 5.45. The molecule has 1 aromatic heterocycles. The van der Waals surface area contributed by atoms with Crippen molar-refractivity contribution in [3.63, 3.8) is 0 Å². The van der Waals surface area contributed by atoms with Gasteiger partial charge < -0.3 is 14.6 Å². The van der Waals surface area contributed by atoms with E-state index in [2.05, 4.69) is 4.98 Å². The van der Waals surface area contributed by atoms with E-state index < -0.39 is 12.1 Å². The van der Waals surface area contributed by atoms with Gasteiger partial charge in [0.25, 0.3) is 0 Å².